The van der Waals surface area contributed by atoms with Crippen molar-refractivity contribution in [2.75, 3.05) is 5.32 Å². The zero-order chi connectivity index (χ0) is 16.8. The van der Waals surface area contributed by atoms with Gasteiger partial charge >= 0.3 is 6.03 Å². The second kappa shape index (κ2) is 7.99. The van der Waals surface area contributed by atoms with Gasteiger partial charge in [0.25, 0.3) is 5.91 Å². The zero-order valence-electron chi connectivity index (χ0n) is 12.9. The predicted octanol–water partition coefficient (Wildman–Crippen LogP) is 3.86. The number of halogens is 1. The maximum atomic E-state index is 11.9. The summed E-state index contributed by atoms with van der Waals surface area (Å²) >= 11 is 7.05. The summed E-state index contributed by atoms with van der Waals surface area (Å²) in [6.07, 6.45) is 0. The molecule has 3 N–H and O–H groups in total. The third kappa shape index (κ3) is 5.58. The molecule has 1 heterocycles. The summed E-state index contributed by atoms with van der Waals surface area (Å²) in [4.78, 5) is 24.1. The summed E-state index contributed by atoms with van der Waals surface area (Å²) in [5.74, 6) is -0.152. The fourth-order valence-electron chi connectivity index (χ4n) is 1.84. The summed E-state index contributed by atoms with van der Waals surface area (Å²) in [5, 5.41) is 8.32. The van der Waals surface area contributed by atoms with Crippen LogP contribution in [0.25, 0.3) is 0 Å². The highest BCUT2D eigenvalue weighted by atomic mass is 35.5. The maximum absolute atomic E-state index is 11.9. The smallest absolute Gasteiger partial charge is 0.319 e. The monoisotopic (exact) mass is 351 g/mol. The molecule has 0 fully saturated rings. The molecule has 0 saturated carbocycles. The molecule has 2 rings (SSSR count). The molecule has 0 unspecified atom stereocenters. The van der Waals surface area contributed by atoms with E-state index in [0.29, 0.717) is 21.4 Å². The molecule has 0 radical (unpaired) electrons. The Balaban J connectivity index is 1.85. The van der Waals surface area contributed by atoms with E-state index >= 15 is 0 Å². The number of carbonyl (C=O) groups excluding carboxylic acids is 2. The van der Waals surface area contributed by atoms with Crippen molar-refractivity contribution in [1.82, 2.24) is 10.6 Å². The molecule has 5 nitrogen and oxygen atoms in total. The SMILES string of the molecule is CC(C)NC(=O)Nc1ccc(CNC(=O)c2ccc(Cl)s2)cc1. The van der Waals surface area contributed by atoms with E-state index in [1.807, 2.05) is 26.0 Å². The van der Waals surface area contributed by atoms with Crippen LogP contribution < -0.4 is 16.0 Å². The van der Waals surface area contributed by atoms with Crippen molar-refractivity contribution < 1.29 is 9.59 Å². The summed E-state index contributed by atoms with van der Waals surface area (Å²) < 4.78 is 0.588. The fourth-order valence-corrected chi connectivity index (χ4v) is 2.80. The molecule has 0 aliphatic carbocycles. The van der Waals surface area contributed by atoms with Gasteiger partial charge in [0.15, 0.2) is 0 Å². The van der Waals surface area contributed by atoms with Crippen molar-refractivity contribution in [3.8, 4) is 0 Å². The van der Waals surface area contributed by atoms with E-state index < -0.39 is 0 Å². The topological polar surface area (TPSA) is 70.2 Å². The van der Waals surface area contributed by atoms with E-state index in [0.717, 1.165) is 5.56 Å². The quantitative estimate of drug-likeness (QED) is 0.765. The molecule has 1 aromatic heterocycles. The Morgan fingerprint density at radius 3 is 2.39 bits per heavy atom. The first-order valence-corrected chi connectivity index (χ1v) is 8.33. The first-order valence-electron chi connectivity index (χ1n) is 7.14. The minimum absolute atomic E-state index is 0.0789. The average Bonchev–Trinajstić information content (AvgIpc) is 2.92. The number of anilines is 1. The van der Waals surface area contributed by atoms with Gasteiger partial charge in [0.2, 0.25) is 0 Å². The van der Waals surface area contributed by atoms with Gasteiger partial charge < -0.3 is 16.0 Å². The number of benzene rings is 1. The molecule has 0 spiro atoms. The lowest BCUT2D eigenvalue weighted by Gasteiger charge is -2.10. The highest BCUT2D eigenvalue weighted by Crippen LogP contribution is 2.21. The van der Waals surface area contributed by atoms with Crippen molar-refractivity contribution in [2.45, 2.75) is 26.4 Å². The summed E-state index contributed by atoms with van der Waals surface area (Å²) in [5.41, 5.74) is 1.64. The van der Waals surface area contributed by atoms with Crippen LogP contribution in [-0.2, 0) is 6.54 Å². The Hall–Kier alpha value is -2.05. The largest absolute Gasteiger partial charge is 0.347 e. The maximum Gasteiger partial charge on any atom is 0.319 e. The van der Waals surface area contributed by atoms with Crippen LogP contribution in [0.3, 0.4) is 0 Å². The predicted molar refractivity (Wildman–Crippen MR) is 94.2 cm³/mol. The van der Waals surface area contributed by atoms with E-state index in [1.54, 1.807) is 24.3 Å². The number of carbonyl (C=O) groups is 2. The second-order valence-electron chi connectivity index (χ2n) is 5.24. The van der Waals surface area contributed by atoms with E-state index in [9.17, 15) is 9.59 Å². The van der Waals surface area contributed by atoms with Gasteiger partial charge in [0, 0.05) is 18.3 Å². The normalized spacial score (nSPS) is 10.4. The number of rotatable bonds is 5. The van der Waals surface area contributed by atoms with Crippen molar-refractivity contribution in [2.24, 2.45) is 0 Å². The first kappa shape index (κ1) is 17.3. The summed E-state index contributed by atoms with van der Waals surface area (Å²) in [7, 11) is 0. The molecule has 0 aliphatic rings. The Labute approximate surface area is 144 Å². The van der Waals surface area contributed by atoms with Gasteiger partial charge in [-0.25, -0.2) is 4.79 Å². The minimum Gasteiger partial charge on any atom is -0.347 e. The molecule has 2 aromatic rings. The van der Waals surface area contributed by atoms with Crippen molar-refractivity contribution in [3.05, 3.63) is 51.2 Å². The van der Waals surface area contributed by atoms with Crippen LogP contribution in [0.15, 0.2) is 36.4 Å². The number of amides is 3. The number of thiophene rings is 1. The molecule has 1 aromatic carbocycles. The number of hydrogen-bond acceptors (Lipinski definition) is 3. The van der Waals surface area contributed by atoms with Crippen LogP contribution in [0.5, 0.6) is 0 Å². The molecular formula is C16H18ClN3O2S. The molecule has 0 atom stereocenters. The van der Waals surface area contributed by atoms with Crippen molar-refractivity contribution >= 4 is 40.6 Å². The summed E-state index contributed by atoms with van der Waals surface area (Å²) in [6, 6.07) is 10.5. The molecule has 7 heteroatoms. The molecule has 0 saturated heterocycles. The highest BCUT2D eigenvalue weighted by Gasteiger charge is 2.08. The standard InChI is InChI=1S/C16H18ClN3O2S/c1-10(2)19-16(22)20-12-5-3-11(4-6-12)9-18-15(21)13-7-8-14(17)23-13/h3-8,10H,9H2,1-2H3,(H,18,21)(H2,19,20,22). The van der Waals surface area contributed by atoms with Gasteiger partial charge in [-0.2, -0.15) is 0 Å². The van der Waals surface area contributed by atoms with Crippen LogP contribution in [0.2, 0.25) is 4.34 Å². The van der Waals surface area contributed by atoms with Gasteiger partial charge in [-0.15, -0.1) is 11.3 Å². The number of nitrogens with one attached hydrogen (secondary N) is 3. The Bertz CT molecular complexity index is 683. The van der Waals surface area contributed by atoms with Gasteiger partial charge in [0.1, 0.15) is 0 Å². The van der Waals surface area contributed by atoms with E-state index in [1.165, 1.54) is 11.3 Å². The molecule has 0 aliphatic heterocycles. The van der Waals surface area contributed by atoms with Crippen LogP contribution >= 0.6 is 22.9 Å². The van der Waals surface area contributed by atoms with Crippen LogP contribution in [-0.4, -0.2) is 18.0 Å². The lowest BCUT2D eigenvalue weighted by molar-refractivity contribution is 0.0955. The molecule has 122 valence electrons. The lowest BCUT2D eigenvalue weighted by atomic mass is 10.2. The number of hydrogen-bond donors (Lipinski definition) is 3. The van der Waals surface area contributed by atoms with Crippen molar-refractivity contribution in [3.63, 3.8) is 0 Å². The third-order valence-corrected chi connectivity index (χ3v) is 4.11. The highest BCUT2D eigenvalue weighted by molar-refractivity contribution is 7.17. The minimum atomic E-state index is -0.240. The van der Waals surface area contributed by atoms with E-state index in [4.69, 9.17) is 11.6 Å². The summed E-state index contributed by atoms with van der Waals surface area (Å²) in [6.45, 7) is 4.20. The molecule has 23 heavy (non-hydrogen) atoms. The van der Waals surface area contributed by atoms with E-state index in [-0.39, 0.29) is 18.0 Å². The van der Waals surface area contributed by atoms with Gasteiger partial charge in [-0.05, 0) is 43.7 Å². The fraction of sp³-hybridized carbons (Fsp3) is 0.250. The van der Waals surface area contributed by atoms with Crippen molar-refractivity contribution in [1.29, 1.82) is 0 Å². The lowest BCUT2D eigenvalue weighted by Crippen LogP contribution is -2.34. The van der Waals surface area contributed by atoms with Gasteiger partial charge in [0.05, 0.1) is 9.21 Å². The molecule has 0 bridgehead atoms. The van der Waals surface area contributed by atoms with E-state index in [2.05, 4.69) is 16.0 Å². The second-order valence-corrected chi connectivity index (χ2v) is 6.95. The first-order chi connectivity index (χ1) is 10.9. The average molecular weight is 352 g/mol. The van der Waals surface area contributed by atoms with Gasteiger partial charge in [-0.3, -0.25) is 4.79 Å². The molecular weight excluding hydrogens is 334 g/mol. The Morgan fingerprint density at radius 2 is 1.83 bits per heavy atom. The zero-order valence-corrected chi connectivity index (χ0v) is 14.4. The molecule has 3 amide bonds. The Morgan fingerprint density at radius 1 is 1.13 bits per heavy atom. The van der Waals surface area contributed by atoms with Crippen LogP contribution in [0, 0.1) is 0 Å². The third-order valence-electron chi connectivity index (χ3n) is 2.88. The Kier molecular flexibility index (Phi) is 6.01. The van der Waals surface area contributed by atoms with Gasteiger partial charge in [-0.1, -0.05) is 23.7 Å². The van der Waals surface area contributed by atoms with Crippen LogP contribution in [0.4, 0.5) is 10.5 Å². The number of urea groups is 1. The van der Waals surface area contributed by atoms with Crippen LogP contribution in [0.1, 0.15) is 29.1 Å².